The third-order valence-electron chi connectivity index (χ3n) is 2.39. The summed E-state index contributed by atoms with van der Waals surface area (Å²) in [6.07, 6.45) is 0.958. The Kier molecular flexibility index (Phi) is 2.75. The number of halogens is 1. The van der Waals surface area contributed by atoms with Crippen LogP contribution in [0.4, 0.5) is 0 Å². The molecule has 0 atom stereocenters. The first-order valence-electron chi connectivity index (χ1n) is 4.72. The molecule has 2 aromatic rings. The zero-order chi connectivity index (χ0) is 9.97. The number of fused-ring (bicyclic) bond motifs is 1. The van der Waals surface area contributed by atoms with E-state index in [-0.39, 0.29) is 0 Å². The molecule has 14 heavy (non-hydrogen) atoms. The van der Waals surface area contributed by atoms with Crippen LogP contribution >= 0.6 is 11.6 Å². The van der Waals surface area contributed by atoms with E-state index in [1.165, 1.54) is 10.9 Å². The molecule has 0 fully saturated rings. The fourth-order valence-electron chi connectivity index (χ4n) is 1.66. The molecule has 2 N–H and O–H groups in total. The number of hydrogen-bond acceptors (Lipinski definition) is 1. The van der Waals surface area contributed by atoms with Gasteiger partial charge in [0.25, 0.3) is 0 Å². The summed E-state index contributed by atoms with van der Waals surface area (Å²) in [5.74, 6) is 0. The van der Waals surface area contributed by atoms with Gasteiger partial charge in [0, 0.05) is 10.9 Å². The Morgan fingerprint density at radius 2 is 2.14 bits per heavy atom. The highest BCUT2D eigenvalue weighted by atomic mass is 35.5. The minimum atomic E-state index is 0.765. The average molecular weight is 209 g/mol. The molecule has 0 unspecified atom stereocenters. The van der Waals surface area contributed by atoms with Gasteiger partial charge in [0.1, 0.15) is 5.15 Å². The predicted octanol–water partition coefficient (Wildman–Crippen LogP) is 2.58. The van der Waals surface area contributed by atoms with Crippen molar-refractivity contribution in [1.29, 1.82) is 0 Å². The van der Waals surface area contributed by atoms with Crippen LogP contribution in [0.2, 0.25) is 5.15 Å². The van der Waals surface area contributed by atoms with E-state index in [4.69, 9.17) is 11.6 Å². The van der Waals surface area contributed by atoms with Crippen molar-refractivity contribution in [2.24, 2.45) is 0 Å². The van der Waals surface area contributed by atoms with Crippen LogP contribution < -0.4 is 5.32 Å². The standard InChI is InChI=1S/C11H13ClN2/c1-13-7-6-9-8-4-2-3-5-10(8)14-11(9)12/h2-5,13-14H,6-7H2,1H3. The van der Waals surface area contributed by atoms with Crippen molar-refractivity contribution in [3.63, 3.8) is 0 Å². The number of nitrogens with one attached hydrogen (secondary N) is 2. The summed E-state index contributed by atoms with van der Waals surface area (Å²) in [7, 11) is 1.95. The van der Waals surface area contributed by atoms with Crippen LogP contribution in [0.3, 0.4) is 0 Å². The van der Waals surface area contributed by atoms with Crippen LogP contribution in [-0.2, 0) is 6.42 Å². The topological polar surface area (TPSA) is 27.8 Å². The minimum absolute atomic E-state index is 0.765. The number of likely N-dealkylation sites (N-methyl/N-ethyl adjacent to an activating group) is 1. The number of para-hydroxylation sites is 1. The van der Waals surface area contributed by atoms with Gasteiger partial charge < -0.3 is 10.3 Å². The van der Waals surface area contributed by atoms with Gasteiger partial charge in [-0.2, -0.15) is 0 Å². The van der Waals surface area contributed by atoms with E-state index in [0.717, 1.165) is 23.6 Å². The lowest BCUT2D eigenvalue weighted by Crippen LogP contribution is -2.10. The molecule has 0 saturated carbocycles. The molecular formula is C11H13ClN2. The Balaban J connectivity index is 2.45. The van der Waals surface area contributed by atoms with Gasteiger partial charge in [-0.25, -0.2) is 0 Å². The van der Waals surface area contributed by atoms with E-state index in [9.17, 15) is 0 Å². The summed E-state index contributed by atoms with van der Waals surface area (Å²) in [4.78, 5) is 3.17. The van der Waals surface area contributed by atoms with Crippen LogP contribution in [0.15, 0.2) is 24.3 Å². The maximum absolute atomic E-state index is 6.12. The highest BCUT2D eigenvalue weighted by Gasteiger charge is 2.07. The largest absolute Gasteiger partial charge is 0.345 e. The number of benzene rings is 1. The molecule has 0 amide bonds. The zero-order valence-corrected chi connectivity index (χ0v) is 8.86. The van der Waals surface area contributed by atoms with Crippen molar-refractivity contribution >= 4 is 22.5 Å². The second-order valence-electron chi connectivity index (χ2n) is 3.32. The second-order valence-corrected chi connectivity index (χ2v) is 3.69. The van der Waals surface area contributed by atoms with Crippen LogP contribution in [0, 0.1) is 0 Å². The van der Waals surface area contributed by atoms with E-state index in [1.807, 2.05) is 25.2 Å². The Bertz CT molecular complexity index is 434. The third kappa shape index (κ3) is 1.63. The van der Waals surface area contributed by atoms with Gasteiger partial charge in [-0.3, -0.25) is 0 Å². The smallest absolute Gasteiger partial charge is 0.110 e. The summed E-state index contributed by atoms with van der Waals surface area (Å²) in [6, 6.07) is 8.19. The molecule has 2 rings (SSSR count). The summed E-state index contributed by atoms with van der Waals surface area (Å²) >= 11 is 6.12. The molecule has 3 heteroatoms. The van der Waals surface area contributed by atoms with Gasteiger partial charge in [0.05, 0.1) is 0 Å². The lowest BCUT2D eigenvalue weighted by molar-refractivity contribution is 0.795. The Morgan fingerprint density at radius 1 is 1.36 bits per heavy atom. The van der Waals surface area contributed by atoms with Crippen molar-refractivity contribution in [3.8, 4) is 0 Å². The Labute approximate surface area is 88.3 Å². The highest BCUT2D eigenvalue weighted by Crippen LogP contribution is 2.25. The molecule has 0 spiro atoms. The Hall–Kier alpha value is -0.990. The van der Waals surface area contributed by atoms with E-state index < -0.39 is 0 Å². The number of rotatable bonds is 3. The van der Waals surface area contributed by atoms with Gasteiger partial charge >= 0.3 is 0 Å². The van der Waals surface area contributed by atoms with Gasteiger partial charge in [-0.1, -0.05) is 29.8 Å². The molecule has 74 valence electrons. The fraction of sp³-hybridized carbons (Fsp3) is 0.273. The molecular weight excluding hydrogens is 196 g/mol. The van der Waals surface area contributed by atoms with Crippen molar-refractivity contribution in [2.75, 3.05) is 13.6 Å². The highest BCUT2D eigenvalue weighted by molar-refractivity contribution is 6.31. The molecule has 0 aliphatic carbocycles. The summed E-state index contributed by atoms with van der Waals surface area (Å²) in [5.41, 5.74) is 2.32. The Morgan fingerprint density at radius 3 is 2.93 bits per heavy atom. The average Bonchev–Trinajstić information content (AvgIpc) is 2.51. The summed E-state index contributed by atoms with van der Waals surface area (Å²) in [6.45, 7) is 0.946. The van der Waals surface area contributed by atoms with E-state index in [0.29, 0.717) is 0 Å². The fourth-order valence-corrected chi connectivity index (χ4v) is 1.96. The first kappa shape index (κ1) is 9.56. The molecule has 0 aliphatic heterocycles. The molecule has 0 aliphatic rings. The van der Waals surface area contributed by atoms with Gasteiger partial charge in [0.15, 0.2) is 0 Å². The van der Waals surface area contributed by atoms with Crippen molar-refractivity contribution in [1.82, 2.24) is 10.3 Å². The predicted molar refractivity (Wildman–Crippen MR) is 60.9 cm³/mol. The molecule has 1 heterocycles. The maximum Gasteiger partial charge on any atom is 0.110 e. The summed E-state index contributed by atoms with van der Waals surface area (Å²) < 4.78 is 0. The summed E-state index contributed by atoms with van der Waals surface area (Å²) in [5, 5.41) is 5.12. The normalized spacial score (nSPS) is 11.0. The molecule has 0 radical (unpaired) electrons. The van der Waals surface area contributed by atoms with Gasteiger partial charge in [0.2, 0.25) is 0 Å². The zero-order valence-electron chi connectivity index (χ0n) is 8.10. The van der Waals surface area contributed by atoms with E-state index in [2.05, 4.69) is 16.4 Å². The lowest BCUT2D eigenvalue weighted by atomic mass is 10.1. The lowest BCUT2D eigenvalue weighted by Gasteiger charge is -1.98. The number of aromatic amines is 1. The van der Waals surface area contributed by atoms with Crippen LogP contribution in [0.5, 0.6) is 0 Å². The maximum atomic E-state index is 6.12. The molecule has 1 aromatic heterocycles. The number of H-pyrrole nitrogens is 1. The van der Waals surface area contributed by atoms with Crippen molar-refractivity contribution in [2.45, 2.75) is 6.42 Å². The first-order chi connectivity index (χ1) is 6.83. The van der Waals surface area contributed by atoms with Crippen LogP contribution in [-0.4, -0.2) is 18.6 Å². The van der Waals surface area contributed by atoms with Crippen molar-refractivity contribution < 1.29 is 0 Å². The van der Waals surface area contributed by atoms with Crippen LogP contribution in [0.25, 0.3) is 10.9 Å². The molecule has 1 aromatic carbocycles. The first-order valence-corrected chi connectivity index (χ1v) is 5.10. The number of hydrogen-bond donors (Lipinski definition) is 2. The van der Waals surface area contributed by atoms with Gasteiger partial charge in [-0.15, -0.1) is 0 Å². The monoisotopic (exact) mass is 208 g/mol. The van der Waals surface area contributed by atoms with Crippen molar-refractivity contribution in [3.05, 3.63) is 35.0 Å². The SMILES string of the molecule is CNCCc1c(Cl)[nH]c2ccccc12. The van der Waals surface area contributed by atoms with E-state index in [1.54, 1.807) is 0 Å². The quantitative estimate of drug-likeness (QED) is 0.798. The third-order valence-corrected chi connectivity index (χ3v) is 2.71. The van der Waals surface area contributed by atoms with E-state index >= 15 is 0 Å². The second kappa shape index (κ2) is 4.03. The molecule has 2 nitrogen and oxygen atoms in total. The molecule has 0 saturated heterocycles. The van der Waals surface area contributed by atoms with Crippen LogP contribution in [0.1, 0.15) is 5.56 Å². The molecule has 0 bridgehead atoms. The number of aromatic nitrogens is 1. The van der Waals surface area contributed by atoms with Gasteiger partial charge in [-0.05, 0) is 31.6 Å². The minimum Gasteiger partial charge on any atom is -0.345 e.